The third-order valence-electron chi connectivity index (χ3n) is 9.22. The number of hydrogen-bond donors (Lipinski definition) is 4. The number of nitrogen functional groups attached to an aromatic ring is 1. The lowest BCUT2D eigenvalue weighted by molar-refractivity contribution is -0.0750. The number of aliphatic hydroxyl groups excluding tert-OH is 2. The van der Waals surface area contributed by atoms with Crippen molar-refractivity contribution in [3.05, 3.63) is 24.2 Å². The molecule has 0 radical (unpaired) electrons. The number of unbranched alkanes of at least 4 members (excludes halogenated alkanes) is 15. The number of fused-ring (bicyclic) bond motifs is 1. The van der Waals surface area contributed by atoms with Crippen molar-refractivity contribution in [2.75, 3.05) is 32.2 Å². The molecule has 0 bridgehead atoms. The van der Waals surface area contributed by atoms with Crippen molar-refractivity contribution in [1.82, 2.24) is 14.6 Å². The Bertz CT molecular complexity index is 1360. The summed E-state index contributed by atoms with van der Waals surface area (Å²) in [6.07, 6.45) is 16.4. The predicted octanol–water partition coefficient (Wildman–Crippen LogP) is 6.36. The van der Waals surface area contributed by atoms with Gasteiger partial charge in [-0.1, -0.05) is 103 Å². The lowest BCUT2D eigenvalue weighted by Crippen LogP contribution is -2.41. The second-order valence-electron chi connectivity index (χ2n) is 13.8. The average Bonchev–Trinajstić information content (AvgIpc) is 3.65. The van der Waals surface area contributed by atoms with E-state index in [1.807, 2.05) is 19.9 Å². The number of aromatic nitrogens is 3. The number of phosphoric ester groups is 1. The van der Waals surface area contributed by atoms with Crippen molar-refractivity contribution in [2.24, 2.45) is 0 Å². The molecule has 3 rings (SSSR count). The highest BCUT2D eigenvalue weighted by Gasteiger charge is 2.58. The Hall–Kier alpha value is -2.18. The minimum absolute atomic E-state index is 0.0971. The number of hydrogen-bond acceptors (Lipinski definition) is 12. The van der Waals surface area contributed by atoms with E-state index in [2.05, 4.69) is 17.0 Å². The molecule has 3 heterocycles. The lowest BCUT2D eigenvalue weighted by Gasteiger charge is -2.24. The molecule has 290 valence electrons. The van der Waals surface area contributed by atoms with Gasteiger partial charge in [0.05, 0.1) is 31.6 Å². The van der Waals surface area contributed by atoms with E-state index in [4.69, 9.17) is 29.0 Å². The van der Waals surface area contributed by atoms with Gasteiger partial charge in [-0.25, -0.2) is 14.1 Å². The third kappa shape index (κ3) is 14.0. The largest absolute Gasteiger partial charge is 0.472 e. The lowest BCUT2D eigenvalue weighted by atomic mass is 9.92. The molecule has 1 unspecified atom stereocenters. The smallest absolute Gasteiger partial charge is 0.387 e. The van der Waals surface area contributed by atoms with E-state index in [0.29, 0.717) is 12.1 Å². The van der Waals surface area contributed by atoms with Crippen LogP contribution >= 0.6 is 7.82 Å². The molecule has 5 N–H and O–H groups in total. The Morgan fingerprint density at radius 3 is 2.12 bits per heavy atom. The fraction of sp³-hybridized carbons (Fsp3) is 0.806. The average molecular weight is 740 g/mol. The van der Waals surface area contributed by atoms with Gasteiger partial charge >= 0.3 is 7.82 Å². The van der Waals surface area contributed by atoms with Crippen LogP contribution in [0.4, 0.5) is 5.82 Å². The maximum atomic E-state index is 12.8. The van der Waals surface area contributed by atoms with Crippen molar-refractivity contribution in [3.8, 4) is 6.07 Å². The third-order valence-corrected chi connectivity index (χ3v) is 10.2. The maximum Gasteiger partial charge on any atom is 0.472 e. The number of ether oxygens (including phenoxy) is 3. The fourth-order valence-corrected chi connectivity index (χ4v) is 7.18. The van der Waals surface area contributed by atoms with Crippen molar-refractivity contribution in [1.29, 1.82) is 5.26 Å². The first-order valence-corrected chi connectivity index (χ1v) is 20.4. The molecule has 0 spiro atoms. The van der Waals surface area contributed by atoms with Gasteiger partial charge in [0, 0.05) is 6.61 Å². The summed E-state index contributed by atoms with van der Waals surface area (Å²) in [5, 5.41) is 35.7. The van der Waals surface area contributed by atoms with Crippen molar-refractivity contribution >= 4 is 19.2 Å². The van der Waals surface area contributed by atoms with Crippen LogP contribution in [-0.2, 0) is 33.4 Å². The van der Waals surface area contributed by atoms with Crippen LogP contribution in [-0.4, -0.2) is 86.7 Å². The van der Waals surface area contributed by atoms with Crippen LogP contribution in [0.2, 0.25) is 0 Å². The van der Waals surface area contributed by atoms with Crippen molar-refractivity contribution in [3.63, 3.8) is 0 Å². The van der Waals surface area contributed by atoms with E-state index in [-0.39, 0.29) is 30.8 Å². The standard InChI is InChI=1S/C36H62N5O9P/c1-4-5-6-7-8-9-10-11-12-13-14-15-16-17-18-19-22-46-23-29(49-28(2)3)24-47-51(44,45)48-25-31-33(42)34(43)36(26-37,50-31)32-21-20-30-35(38)39-27-40-41(30)32/h20-21,27-29,31,33-34,42-43H,4-19,22-25H2,1-3H3,(H,44,45)(H2,38,39,40)/t29-,31-,33-,34-,36+/m1/s1. The Labute approximate surface area is 303 Å². The quantitative estimate of drug-likeness (QED) is 0.0555. The molecule has 14 nitrogen and oxygen atoms in total. The number of phosphoric acid groups is 1. The first-order chi connectivity index (χ1) is 24.5. The second-order valence-corrected chi connectivity index (χ2v) is 15.3. The number of nitrogens with two attached hydrogens (primary N) is 1. The van der Waals surface area contributed by atoms with E-state index in [9.17, 15) is 24.9 Å². The normalized spacial score (nSPS) is 22.4. The van der Waals surface area contributed by atoms with Gasteiger partial charge in [0.25, 0.3) is 0 Å². The monoisotopic (exact) mass is 739 g/mol. The highest BCUT2D eigenvalue weighted by molar-refractivity contribution is 7.47. The Morgan fingerprint density at radius 2 is 1.55 bits per heavy atom. The molecular formula is C36H62N5O9P. The van der Waals surface area contributed by atoms with Crippen LogP contribution in [0, 0.1) is 11.3 Å². The molecule has 0 aliphatic carbocycles. The van der Waals surface area contributed by atoms with Gasteiger partial charge in [-0.05, 0) is 32.4 Å². The van der Waals surface area contributed by atoms with E-state index in [1.54, 1.807) is 6.07 Å². The molecule has 1 aliphatic heterocycles. The first-order valence-electron chi connectivity index (χ1n) is 18.9. The summed E-state index contributed by atoms with van der Waals surface area (Å²) in [6.45, 7) is 5.76. The van der Waals surface area contributed by atoms with Gasteiger partial charge in [0.15, 0.2) is 5.82 Å². The molecule has 6 atom stereocenters. The Morgan fingerprint density at radius 1 is 0.961 bits per heavy atom. The Balaban J connectivity index is 1.31. The van der Waals surface area contributed by atoms with E-state index in [1.165, 1.54) is 107 Å². The van der Waals surface area contributed by atoms with Crippen molar-refractivity contribution < 1.29 is 42.9 Å². The highest BCUT2D eigenvalue weighted by Crippen LogP contribution is 2.46. The van der Waals surface area contributed by atoms with E-state index in [0.717, 1.165) is 12.8 Å². The molecule has 0 aromatic carbocycles. The topological polar surface area (TPSA) is 204 Å². The number of rotatable bonds is 28. The molecule has 1 fully saturated rings. The van der Waals surface area contributed by atoms with Crippen molar-refractivity contribution in [2.45, 2.75) is 160 Å². The van der Waals surface area contributed by atoms with E-state index < -0.39 is 44.4 Å². The number of nitrogens with zero attached hydrogens (tertiary/aromatic N) is 4. The fourth-order valence-electron chi connectivity index (χ4n) is 6.41. The summed E-state index contributed by atoms with van der Waals surface area (Å²) in [6, 6.07) is 4.93. The van der Waals surface area contributed by atoms with Crippen LogP contribution in [0.3, 0.4) is 0 Å². The second kappa shape index (κ2) is 22.8. The Kier molecular flexibility index (Phi) is 19.3. The van der Waals surface area contributed by atoms with Crippen LogP contribution in [0.15, 0.2) is 18.5 Å². The van der Waals surface area contributed by atoms with Gasteiger partial charge in [0.1, 0.15) is 42.3 Å². The van der Waals surface area contributed by atoms with E-state index >= 15 is 0 Å². The minimum Gasteiger partial charge on any atom is -0.387 e. The summed E-state index contributed by atoms with van der Waals surface area (Å²) in [5.41, 5.74) is 4.28. The van der Waals surface area contributed by atoms with Crippen LogP contribution < -0.4 is 5.73 Å². The molecule has 0 amide bonds. The zero-order chi connectivity index (χ0) is 37.1. The maximum absolute atomic E-state index is 12.8. The zero-order valence-electron chi connectivity index (χ0n) is 30.9. The van der Waals surface area contributed by atoms with Gasteiger partial charge in [-0.3, -0.25) is 9.05 Å². The number of aliphatic hydroxyl groups is 2. The van der Waals surface area contributed by atoms with Gasteiger partial charge in [-0.15, -0.1) is 0 Å². The molecule has 0 saturated carbocycles. The number of anilines is 1. The van der Waals surface area contributed by atoms with Crippen LogP contribution in [0.1, 0.15) is 129 Å². The first kappa shape index (κ1) is 43.2. The van der Waals surface area contributed by atoms with Gasteiger partial charge < -0.3 is 35.1 Å². The highest BCUT2D eigenvalue weighted by atomic mass is 31.2. The molecule has 1 saturated heterocycles. The molecule has 2 aromatic rings. The van der Waals surface area contributed by atoms with Crippen LogP contribution in [0.25, 0.3) is 5.52 Å². The van der Waals surface area contributed by atoms with Gasteiger partial charge in [0.2, 0.25) is 5.60 Å². The summed E-state index contributed by atoms with van der Waals surface area (Å²) >= 11 is 0. The minimum atomic E-state index is -4.66. The van der Waals surface area contributed by atoms with Crippen LogP contribution in [0.5, 0.6) is 0 Å². The zero-order valence-corrected chi connectivity index (χ0v) is 31.8. The summed E-state index contributed by atoms with van der Waals surface area (Å²) in [5.74, 6) is 0.140. The molecule has 1 aliphatic rings. The molecule has 2 aromatic heterocycles. The SMILES string of the molecule is CCCCCCCCCCCCCCCCCCOC[C@H](COP(=O)(O)OC[C@H]1O[C@@](C#N)(c2ccc3c(N)ncnn23)[C@H](O)[C@@H]1O)OC(C)C. The molecular weight excluding hydrogens is 677 g/mol. The van der Waals surface area contributed by atoms with Gasteiger partial charge in [-0.2, -0.15) is 10.4 Å². The summed E-state index contributed by atoms with van der Waals surface area (Å²) < 4.78 is 41.8. The number of nitriles is 1. The summed E-state index contributed by atoms with van der Waals surface area (Å²) in [7, 11) is -4.66. The molecule has 15 heteroatoms. The predicted molar refractivity (Wildman–Crippen MR) is 194 cm³/mol. The molecule has 51 heavy (non-hydrogen) atoms. The summed E-state index contributed by atoms with van der Waals surface area (Å²) in [4.78, 5) is 14.3.